The molecule has 3 aromatic rings. The lowest BCUT2D eigenvalue weighted by Crippen LogP contribution is -2.45. The minimum Gasteiger partial charge on any atom is -0.483 e. The molecule has 2 aliphatic rings. The Kier molecular flexibility index (Phi) is 5.54. The average Bonchev–Trinajstić information content (AvgIpc) is 3.44. The molecule has 3 N–H and O–H groups in total. The van der Waals surface area contributed by atoms with Crippen LogP contribution in [0.2, 0.25) is 0 Å². The molecule has 5 nitrogen and oxygen atoms in total. The van der Waals surface area contributed by atoms with Crippen molar-refractivity contribution in [1.29, 1.82) is 0 Å². The van der Waals surface area contributed by atoms with Crippen LogP contribution in [-0.2, 0) is 6.42 Å². The Morgan fingerprint density at radius 2 is 1.97 bits per heavy atom. The summed E-state index contributed by atoms with van der Waals surface area (Å²) in [6.45, 7) is 2.97. The summed E-state index contributed by atoms with van der Waals surface area (Å²) < 4.78 is 6.78. The summed E-state index contributed by atoms with van der Waals surface area (Å²) in [4.78, 5) is 3.51. The summed E-state index contributed by atoms with van der Waals surface area (Å²) in [5, 5.41) is 7.18. The van der Waals surface area contributed by atoms with E-state index in [2.05, 4.69) is 52.0 Å². The highest BCUT2D eigenvalue weighted by atomic mass is 32.1. The van der Waals surface area contributed by atoms with Crippen LogP contribution in [0.15, 0.2) is 59.6 Å². The summed E-state index contributed by atoms with van der Waals surface area (Å²) in [6, 6.07) is 17.1. The highest BCUT2D eigenvalue weighted by molar-refractivity contribution is 7.80. The van der Waals surface area contributed by atoms with Gasteiger partial charge in [0.1, 0.15) is 11.9 Å². The van der Waals surface area contributed by atoms with Gasteiger partial charge < -0.3 is 10.5 Å². The summed E-state index contributed by atoms with van der Waals surface area (Å²) in [7, 11) is 0. The number of ether oxygens (including phenoxy) is 1. The van der Waals surface area contributed by atoms with Gasteiger partial charge in [-0.1, -0.05) is 24.3 Å². The minimum absolute atomic E-state index is 0.00284. The molecule has 2 aromatic carbocycles. The number of thiol groups is 1. The van der Waals surface area contributed by atoms with Gasteiger partial charge in [-0.05, 0) is 80.2 Å². The highest BCUT2D eigenvalue weighted by Crippen LogP contribution is 2.41. The first-order valence-electron chi connectivity index (χ1n) is 10.7. The van der Waals surface area contributed by atoms with Gasteiger partial charge in [0.25, 0.3) is 0 Å². The van der Waals surface area contributed by atoms with Crippen molar-refractivity contribution < 1.29 is 4.74 Å². The van der Waals surface area contributed by atoms with Gasteiger partial charge in [0, 0.05) is 16.7 Å². The molecule has 1 aliphatic carbocycles. The number of nitrogens with zero attached hydrogens (tertiary/aromatic N) is 2. The number of nitrogens with one attached hydrogen (secondary N) is 1. The van der Waals surface area contributed by atoms with E-state index in [1.165, 1.54) is 24.0 Å². The zero-order valence-corrected chi connectivity index (χ0v) is 17.9. The zero-order chi connectivity index (χ0) is 20.5. The number of hydrogen-bond acceptors (Lipinski definition) is 5. The first-order chi connectivity index (χ1) is 14.7. The molecule has 0 amide bonds. The second kappa shape index (κ2) is 8.46. The molecular formula is C24H28N4OS. The lowest BCUT2D eigenvalue weighted by molar-refractivity contribution is 0.0541. The third kappa shape index (κ3) is 3.75. The van der Waals surface area contributed by atoms with Gasteiger partial charge >= 0.3 is 0 Å². The topological polar surface area (TPSA) is 67.2 Å². The summed E-state index contributed by atoms with van der Waals surface area (Å²) >= 11 is 4.54. The Labute approximate surface area is 183 Å². The number of nitrogens with two attached hydrogens (primary N) is 1. The Balaban J connectivity index is 1.47. The smallest absolute Gasteiger partial charge is 0.140 e. The van der Waals surface area contributed by atoms with Crippen LogP contribution in [0.1, 0.15) is 30.1 Å². The number of hydrogen-bond donors (Lipinski definition) is 3. The molecule has 0 spiro atoms. The van der Waals surface area contributed by atoms with Crippen LogP contribution in [0, 0.1) is 5.92 Å². The second-order valence-electron chi connectivity index (χ2n) is 8.37. The SMILES string of the molecule is NCC1CCN([C@@H]2Cc3ccccc3[C@H]2Oc2ccc(S)cc2-c2ccn[nH]2)CC1. The van der Waals surface area contributed by atoms with E-state index < -0.39 is 0 Å². The first kappa shape index (κ1) is 19.7. The predicted molar refractivity (Wildman–Crippen MR) is 122 cm³/mol. The summed E-state index contributed by atoms with van der Waals surface area (Å²) in [6.07, 6.45) is 5.13. The molecule has 0 saturated carbocycles. The highest BCUT2D eigenvalue weighted by Gasteiger charge is 2.39. The molecule has 156 valence electrons. The van der Waals surface area contributed by atoms with Gasteiger partial charge in [0.05, 0.1) is 11.7 Å². The van der Waals surface area contributed by atoms with Crippen molar-refractivity contribution in [1.82, 2.24) is 15.1 Å². The maximum atomic E-state index is 6.78. The molecule has 2 heterocycles. The molecular weight excluding hydrogens is 392 g/mol. The van der Waals surface area contributed by atoms with Crippen molar-refractivity contribution >= 4 is 12.6 Å². The van der Waals surface area contributed by atoms with Crippen LogP contribution in [0.4, 0.5) is 0 Å². The largest absolute Gasteiger partial charge is 0.483 e. The second-order valence-corrected chi connectivity index (χ2v) is 8.89. The van der Waals surface area contributed by atoms with Crippen LogP contribution < -0.4 is 10.5 Å². The lowest BCUT2D eigenvalue weighted by Gasteiger charge is -2.38. The molecule has 5 rings (SSSR count). The van der Waals surface area contributed by atoms with Crippen LogP contribution in [0.5, 0.6) is 5.75 Å². The Morgan fingerprint density at radius 3 is 2.73 bits per heavy atom. The number of aromatic nitrogens is 2. The fourth-order valence-electron chi connectivity index (χ4n) is 4.89. The molecule has 1 aromatic heterocycles. The van der Waals surface area contributed by atoms with E-state index in [1.807, 2.05) is 24.3 Å². The molecule has 30 heavy (non-hydrogen) atoms. The summed E-state index contributed by atoms with van der Waals surface area (Å²) in [5.41, 5.74) is 10.5. The van der Waals surface area contributed by atoms with Gasteiger partial charge in [-0.2, -0.15) is 5.10 Å². The fraction of sp³-hybridized carbons (Fsp3) is 0.375. The standard InChI is InChI=1S/C24H28N4OS/c25-15-16-8-11-28(12-9-16)22-13-17-3-1-2-4-19(17)24(22)29-23-6-5-18(30)14-20(23)21-7-10-26-27-21/h1-7,10,14,16,22,24,30H,8-9,11-13,15,25H2,(H,26,27)/t22-,24-/m1/s1. The third-order valence-corrected chi connectivity index (χ3v) is 6.88. The van der Waals surface area contributed by atoms with Crippen molar-refractivity contribution in [3.63, 3.8) is 0 Å². The van der Waals surface area contributed by atoms with E-state index in [1.54, 1.807) is 6.20 Å². The van der Waals surface area contributed by atoms with Crippen LogP contribution in [-0.4, -0.2) is 40.8 Å². The first-order valence-corrected chi connectivity index (χ1v) is 11.2. The predicted octanol–water partition coefficient (Wildman–Crippen LogP) is 4.08. The van der Waals surface area contributed by atoms with Crippen LogP contribution in [0.3, 0.4) is 0 Å². The van der Waals surface area contributed by atoms with Gasteiger partial charge in [-0.3, -0.25) is 10.00 Å². The van der Waals surface area contributed by atoms with Crippen molar-refractivity contribution in [2.75, 3.05) is 19.6 Å². The number of H-pyrrole nitrogens is 1. The van der Waals surface area contributed by atoms with E-state index in [4.69, 9.17) is 10.5 Å². The van der Waals surface area contributed by atoms with Crippen LogP contribution >= 0.6 is 12.6 Å². The molecule has 0 radical (unpaired) electrons. The van der Waals surface area contributed by atoms with E-state index in [0.717, 1.165) is 48.0 Å². The van der Waals surface area contributed by atoms with E-state index >= 15 is 0 Å². The van der Waals surface area contributed by atoms with Crippen molar-refractivity contribution in [3.8, 4) is 17.0 Å². The number of rotatable bonds is 5. The summed E-state index contributed by atoms with van der Waals surface area (Å²) in [5.74, 6) is 1.51. The number of benzene rings is 2. The average molecular weight is 421 g/mol. The monoisotopic (exact) mass is 420 g/mol. The fourth-order valence-corrected chi connectivity index (χ4v) is 5.10. The molecule has 1 fully saturated rings. The zero-order valence-electron chi connectivity index (χ0n) is 17.0. The third-order valence-electron chi connectivity index (χ3n) is 6.60. The van der Waals surface area contributed by atoms with Crippen molar-refractivity contribution in [2.45, 2.75) is 36.3 Å². The maximum absolute atomic E-state index is 6.78. The van der Waals surface area contributed by atoms with E-state index in [9.17, 15) is 0 Å². The number of aromatic amines is 1. The molecule has 0 bridgehead atoms. The van der Waals surface area contributed by atoms with E-state index in [0.29, 0.717) is 12.0 Å². The Bertz CT molecular complexity index is 998. The Hall–Kier alpha value is -2.28. The van der Waals surface area contributed by atoms with Crippen LogP contribution in [0.25, 0.3) is 11.3 Å². The minimum atomic E-state index is 0.00284. The number of fused-ring (bicyclic) bond motifs is 1. The maximum Gasteiger partial charge on any atom is 0.140 e. The molecule has 6 heteroatoms. The van der Waals surface area contributed by atoms with Gasteiger partial charge in [0.15, 0.2) is 0 Å². The molecule has 0 unspecified atom stereocenters. The molecule has 2 atom stereocenters. The van der Waals surface area contributed by atoms with Gasteiger partial charge in [0.2, 0.25) is 0 Å². The van der Waals surface area contributed by atoms with Crippen molar-refractivity contribution in [3.05, 3.63) is 65.9 Å². The van der Waals surface area contributed by atoms with E-state index in [-0.39, 0.29) is 6.10 Å². The van der Waals surface area contributed by atoms with Crippen molar-refractivity contribution in [2.24, 2.45) is 11.7 Å². The normalized spacial score (nSPS) is 22.2. The molecule has 1 saturated heterocycles. The van der Waals surface area contributed by atoms with Gasteiger partial charge in [-0.25, -0.2) is 0 Å². The quantitative estimate of drug-likeness (QED) is 0.544. The number of piperidine rings is 1. The van der Waals surface area contributed by atoms with Gasteiger partial charge in [-0.15, -0.1) is 12.6 Å². The number of likely N-dealkylation sites (tertiary alicyclic amines) is 1. The Morgan fingerprint density at radius 1 is 1.13 bits per heavy atom. The molecule has 1 aliphatic heterocycles. The lowest BCUT2D eigenvalue weighted by atomic mass is 9.95.